The van der Waals surface area contributed by atoms with Gasteiger partial charge in [-0.15, -0.1) is 0 Å². The van der Waals surface area contributed by atoms with Gasteiger partial charge in [0, 0.05) is 51.4 Å². The van der Waals surface area contributed by atoms with Crippen LogP contribution in [0.1, 0.15) is 12.8 Å². The molecule has 194 valence electrons. The first-order valence-corrected chi connectivity index (χ1v) is 14.9. The maximum Gasteiger partial charge on any atom is 0.270 e. The third kappa shape index (κ3) is 8.40. The van der Waals surface area contributed by atoms with Crippen molar-refractivity contribution in [1.82, 2.24) is 9.21 Å². The van der Waals surface area contributed by atoms with Crippen molar-refractivity contribution in [3.63, 3.8) is 0 Å². The number of nitrogens with zero attached hydrogens (tertiary/aromatic N) is 4. The average Bonchev–Trinajstić information content (AvgIpc) is 2.71. The molecular weight excluding hydrogens is 516 g/mol. The SMILES string of the molecule is CN1CCN(S(=O)(=O)c2cc([N+](=O)[O-])ccc2N(CCCS(=O)(=O)O)CCCS(=O)(=O)O)CC1. The predicted molar refractivity (Wildman–Crippen MR) is 124 cm³/mol. The minimum atomic E-state index is -4.31. The van der Waals surface area contributed by atoms with Gasteiger partial charge >= 0.3 is 0 Å². The molecule has 0 atom stereocenters. The fourth-order valence-electron chi connectivity index (χ4n) is 3.48. The lowest BCUT2D eigenvalue weighted by Gasteiger charge is -2.33. The molecule has 0 saturated carbocycles. The number of benzene rings is 1. The lowest BCUT2D eigenvalue weighted by atomic mass is 10.2. The highest BCUT2D eigenvalue weighted by atomic mass is 32.2. The first-order chi connectivity index (χ1) is 15.6. The van der Waals surface area contributed by atoms with Crippen LogP contribution in [-0.2, 0) is 30.3 Å². The number of nitro groups is 1. The summed E-state index contributed by atoms with van der Waals surface area (Å²) >= 11 is 0. The van der Waals surface area contributed by atoms with Gasteiger partial charge in [0.15, 0.2) is 0 Å². The Kier molecular flexibility index (Phi) is 9.37. The van der Waals surface area contributed by atoms with Gasteiger partial charge in [0.1, 0.15) is 4.90 Å². The number of non-ortho nitro benzene ring substituents is 1. The number of hydrogen-bond acceptors (Lipinski definition) is 10. The summed E-state index contributed by atoms with van der Waals surface area (Å²) in [7, 11) is -11.0. The molecule has 14 nitrogen and oxygen atoms in total. The molecule has 0 aliphatic carbocycles. The van der Waals surface area contributed by atoms with Crippen molar-refractivity contribution in [2.24, 2.45) is 0 Å². The van der Waals surface area contributed by atoms with Gasteiger partial charge in [-0.1, -0.05) is 0 Å². The van der Waals surface area contributed by atoms with Crippen LogP contribution >= 0.6 is 0 Å². The first kappa shape index (κ1) is 28.3. The molecule has 0 radical (unpaired) electrons. The molecule has 1 aliphatic rings. The Hall–Kier alpha value is -1.89. The molecule has 0 spiro atoms. The average molecular weight is 545 g/mol. The molecule has 0 amide bonds. The van der Waals surface area contributed by atoms with Crippen LogP contribution < -0.4 is 4.90 Å². The van der Waals surface area contributed by atoms with Crippen LogP contribution in [0.25, 0.3) is 0 Å². The molecule has 1 fully saturated rings. The van der Waals surface area contributed by atoms with Crippen LogP contribution in [0.4, 0.5) is 11.4 Å². The van der Waals surface area contributed by atoms with Crippen molar-refractivity contribution in [3.05, 3.63) is 28.3 Å². The lowest BCUT2D eigenvalue weighted by molar-refractivity contribution is -0.385. The van der Waals surface area contributed by atoms with E-state index in [2.05, 4.69) is 0 Å². The summed E-state index contributed by atoms with van der Waals surface area (Å²) in [6, 6.07) is 3.22. The van der Waals surface area contributed by atoms with Gasteiger partial charge in [-0.3, -0.25) is 19.2 Å². The van der Waals surface area contributed by atoms with Crippen molar-refractivity contribution in [2.45, 2.75) is 17.7 Å². The van der Waals surface area contributed by atoms with E-state index in [1.54, 1.807) is 0 Å². The highest BCUT2D eigenvalue weighted by Crippen LogP contribution is 2.32. The van der Waals surface area contributed by atoms with Crippen molar-refractivity contribution >= 4 is 41.6 Å². The molecule has 0 bridgehead atoms. The predicted octanol–water partition coefficient (Wildman–Crippen LogP) is -0.107. The van der Waals surface area contributed by atoms with Crippen LogP contribution in [0.2, 0.25) is 0 Å². The summed E-state index contributed by atoms with van der Waals surface area (Å²) < 4.78 is 90.6. The summed E-state index contributed by atoms with van der Waals surface area (Å²) in [6.07, 6.45) is -0.259. The van der Waals surface area contributed by atoms with E-state index in [0.717, 1.165) is 12.1 Å². The van der Waals surface area contributed by atoms with Gasteiger partial charge in [-0.05, 0) is 26.0 Å². The molecule has 1 aromatic rings. The largest absolute Gasteiger partial charge is 0.370 e. The van der Waals surface area contributed by atoms with Gasteiger partial charge < -0.3 is 9.80 Å². The van der Waals surface area contributed by atoms with Crippen LogP contribution in [0, 0.1) is 10.1 Å². The van der Waals surface area contributed by atoms with E-state index >= 15 is 0 Å². The van der Waals surface area contributed by atoms with E-state index in [-0.39, 0.29) is 49.6 Å². The third-order valence-electron chi connectivity index (χ3n) is 5.24. The summed E-state index contributed by atoms with van der Waals surface area (Å²) in [5, 5.41) is 11.3. The Labute approximate surface area is 198 Å². The van der Waals surface area contributed by atoms with Crippen LogP contribution in [0.5, 0.6) is 0 Å². The van der Waals surface area contributed by atoms with Gasteiger partial charge in [-0.2, -0.15) is 21.1 Å². The summed E-state index contributed by atoms with van der Waals surface area (Å²) in [6.45, 7) is 1.02. The zero-order valence-corrected chi connectivity index (χ0v) is 20.9. The molecule has 0 aromatic heterocycles. The van der Waals surface area contributed by atoms with E-state index in [1.165, 1.54) is 15.3 Å². The maximum absolute atomic E-state index is 13.4. The zero-order chi connectivity index (χ0) is 25.7. The van der Waals surface area contributed by atoms with Gasteiger partial charge in [-0.25, -0.2) is 8.42 Å². The number of hydrogen-bond donors (Lipinski definition) is 2. The quantitative estimate of drug-likeness (QED) is 0.202. The second-order valence-corrected chi connectivity index (χ2v) is 12.9. The third-order valence-corrected chi connectivity index (χ3v) is 8.77. The minimum absolute atomic E-state index is 0.0233. The van der Waals surface area contributed by atoms with Crippen molar-refractivity contribution < 1.29 is 39.3 Å². The molecule has 1 heterocycles. The fraction of sp³-hybridized carbons (Fsp3) is 0.647. The normalized spacial score (nSPS) is 16.4. The Morgan fingerprint density at radius 2 is 1.44 bits per heavy atom. The topological polar surface area (TPSA) is 196 Å². The molecule has 0 unspecified atom stereocenters. The molecule has 1 aromatic carbocycles. The number of piperazine rings is 1. The van der Waals surface area contributed by atoms with E-state index in [4.69, 9.17) is 9.11 Å². The highest BCUT2D eigenvalue weighted by Gasteiger charge is 2.32. The zero-order valence-electron chi connectivity index (χ0n) is 18.5. The summed E-state index contributed by atoms with van der Waals surface area (Å²) in [5.41, 5.74) is -0.442. The summed E-state index contributed by atoms with van der Waals surface area (Å²) in [4.78, 5) is 13.5. The smallest absolute Gasteiger partial charge is 0.270 e. The highest BCUT2D eigenvalue weighted by molar-refractivity contribution is 7.89. The van der Waals surface area contributed by atoms with E-state index in [9.17, 15) is 35.4 Å². The molecule has 2 N–H and O–H groups in total. The Morgan fingerprint density at radius 1 is 0.941 bits per heavy atom. The molecule has 1 saturated heterocycles. The minimum Gasteiger partial charge on any atom is -0.370 e. The number of likely N-dealkylation sites (N-methyl/N-ethyl adjacent to an activating group) is 1. The Bertz CT molecular complexity index is 1160. The number of rotatable bonds is 12. The second-order valence-electron chi connectivity index (χ2n) is 7.88. The van der Waals surface area contributed by atoms with E-state index in [1.807, 2.05) is 11.9 Å². The lowest BCUT2D eigenvalue weighted by Crippen LogP contribution is -2.47. The molecule has 1 aliphatic heterocycles. The van der Waals surface area contributed by atoms with Crippen LogP contribution in [0.3, 0.4) is 0 Å². The van der Waals surface area contributed by atoms with E-state index < -0.39 is 52.4 Å². The van der Waals surface area contributed by atoms with Crippen LogP contribution in [0.15, 0.2) is 23.1 Å². The Balaban J connectivity index is 2.48. The second kappa shape index (κ2) is 11.2. The number of nitro benzene ring substituents is 1. The first-order valence-electron chi connectivity index (χ1n) is 10.2. The monoisotopic (exact) mass is 544 g/mol. The molecular formula is C17H28N4O10S3. The number of sulfonamides is 1. The van der Waals surface area contributed by atoms with Gasteiger partial charge in [0.25, 0.3) is 25.9 Å². The van der Waals surface area contributed by atoms with Crippen molar-refractivity contribution in [2.75, 3.05) is 62.7 Å². The molecule has 17 heteroatoms. The fourth-order valence-corrected chi connectivity index (χ4v) is 6.12. The Morgan fingerprint density at radius 3 is 1.88 bits per heavy atom. The molecule has 2 rings (SSSR count). The van der Waals surface area contributed by atoms with Crippen LogP contribution in [-0.4, -0.2) is 106 Å². The van der Waals surface area contributed by atoms with Crippen molar-refractivity contribution in [1.29, 1.82) is 0 Å². The standard InChI is InChI=1S/C17H28N4O10S3/c1-18-8-10-20(11-9-18)34(30,31)17-14-15(21(22)23)4-5-16(17)19(6-2-12-32(24,25)26)7-3-13-33(27,28)29/h4-5,14H,2-3,6-13H2,1H3,(H,24,25,26)(H,27,28,29). The van der Waals surface area contributed by atoms with Crippen molar-refractivity contribution in [3.8, 4) is 0 Å². The molecule has 34 heavy (non-hydrogen) atoms. The van der Waals surface area contributed by atoms with Gasteiger partial charge in [0.05, 0.1) is 22.1 Å². The number of anilines is 1. The summed E-state index contributed by atoms with van der Waals surface area (Å²) in [5.74, 6) is -1.26. The van der Waals surface area contributed by atoms with Gasteiger partial charge in [0.2, 0.25) is 10.0 Å². The van der Waals surface area contributed by atoms with E-state index in [0.29, 0.717) is 13.1 Å². The maximum atomic E-state index is 13.4.